The molecule has 0 aromatic heterocycles. The third-order valence-electron chi connectivity index (χ3n) is 4.57. The van der Waals surface area contributed by atoms with E-state index in [9.17, 15) is 4.79 Å². The molecule has 4 heteroatoms. The van der Waals surface area contributed by atoms with E-state index in [4.69, 9.17) is 11.5 Å². The molecule has 2 rings (SSSR count). The molecule has 1 aliphatic rings. The largest absolute Gasteiger partial charge is 0.398 e. The molecule has 0 heterocycles. The minimum absolute atomic E-state index is 0.408. The van der Waals surface area contributed by atoms with Crippen LogP contribution in [0.15, 0.2) is 18.2 Å². The van der Waals surface area contributed by atoms with Gasteiger partial charge in [-0.1, -0.05) is 13.8 Å². The summed E-state index contributed by atoms with van der Waals surface area (Å²) in [5, 5.41) is 0. The maximum Gasteiger partial charge on any atom is 0.250 e. The fraction of sp³-hybridized carbons (Fsp3) is 0.562. The molecule has 0 radical (unpaired) electrons. The van der Waals surface area contributed by atoms with Crippen molar-refractivity contribution in [2.75, 3.05) is 17.7 Å². The maximum atomic E-state index is 11.4. The second-order valence-electron chi connectivity index (χ2n) is 6.64. The zero-order valence-corrected chi connectivity index (χ0v) is 12.6. The Morgan fingerprint density at radius 1 is 1.30 bits per heavy atom. The van der Waals surface area contributed by atoms with Crippen molar-refractivity contribution in [3.05, 3.63) is 23.8 Å². The third kappa shape index (κ3) is 3.06. The predicted molar refractivity (Wildman–Crippen MR) is 83.8 cm³/mol. The van der Waals surface area contributed by atoms with Crippen molar-refractivity contribution in [3.63, 3.8) is 0 Å². The van der Waals surface area contributed by atoms with Crippen molar-refractivity contribution in [2.45, 2.75) is 45.6 Å². The van der Waals surface area contributed by atoms with Gasteiger partial charge in [0.1, 0.15) is 0 Å². The van der Waals surface area contributed by atoms with Crippen molar-refractivity contribution in [3.8, 4) is 0 Å². The molecule has 0 unspecified atom stereocenters. The highest BCUT2D eigenvalue weighted by Crippen LogP contribution is 2.37. The number of rotatable bonds is 3. The van der Waals surface area contributed by atoms with Crippen LogP contribution >= 0.6 is 0 Å². The van der Waals surface area contributed by atoms with Crippen LogP contribution in [0.4, 0.5) is 11.4 Å². The van der Waals surface area contributed by atoms with Gasteiger partial charge in [-0.2, -0.15) is 0 Å². The lowest BCUT2D eigenvalue weighted by Gasteiger charge is -2.39. The van der Waals surface area contributed by atoms with E-state index >= 15 is 0 Å². The van der Waals surface area contributed by atoms with Crippen LogP contribution in [-0.4, -0.2) is 19.0 Å². The molecule has 0 aliphatic heterocycles. The standard InChI is InChI=1S/C16H25N3O/c1-16(2)8-6-11(7-9-16)19(3)12-4-5-14(17)13(10-12)15(18)20/h4-5,10-11H,6-9,17H2,1-3H3,(H2,18,20). The van der Waals surface area contributed by atoms with E-state index < -0.39 is 5.91 Å². The summed E-state index contributed by atoms with van der Waals surface area (Å²) in [4.78, 5) is 13.6. The average Bonchev–Trinajstić information content (AvgIpc) is 2.38. The highest BCUT2D eigenvalue weighted by Gasteiger charge is 2.29. The molecule has 0 atom stereocenters. The molecule has 20 heavy (non-hydrogen) atoms. The summed E-state index contributed by atoms with van der Waals surface area (Å²) in [7, 11) is 2.08. The lowest BCUT2D eigenvalue weighted by atomic mass is 9.75. The van der Waals surface area contributed by atoms with Crippen LogP contribution in [0.3, 0.4) is 0 Å². The minimum Gasteiger partial charge on any atom is -0.398 e. The van der Waals surface area contributed by atoms with Gasteiger partial charge in [-0.05, 0) is 49.3 Å². The summed E-state index contributed by atoms with van der Waals surface area (Å²) in [5.74, 6) is -0.470. The molecule has 1 aromatic carbocycles. The Bertz CT molecular complexity index is 500. The van der Waals surface area contributed by atoms with Crippen molar-refractivity contribution < 1.29 is 4.79 Å². The molecule has 1 amide bonds. The summed E-state index contributed by atoms with van der Waals surface area (Å²) >= 11 is 0. The molecule has 0 spiro atoms. The quantitative estimate of drug-likeness (QED) is 0.833. The molecule has 0 saturated heterocycles. The first-order chi connectivity index (χ1) is 9.30. The Balaban J connectivity index is 2.15. The topological polar surface area (TPSA) is 72.3 Å². The highest BCUT2D eigenvalue weighted by atomic mass is 16.1. The number of nitrogens with two attached hydrogens (primary N) is 2. The number of hydrogen-bond donors (Lipinski definition) is 2. The molecule has 0 bridgehead atoms. The number of nitrogens with zero attached hydrogens (tertiary/aromatic N) is 1. The molecule has 4 N–H and O–H groups in total. The van der Waals surface area contributed by atoms with Crippen molar-refractivity contribution in [1.29, 1.82) is 0 Å². The van der Waals surface area contributed by atoms with E-state index in [0.29, 0.717) is 22.7 Å². The van der Waals surface area contributed by atoms with Crippen molar-refractivity contribution in [1.82, 2.24) is 0 Å². The van der Waals surface area contributed by atoms with Gasteiger partial charge in [-0.15, -0.1) is 0 Å². The maximum absolute atomic E-state index is 11.4. The van der Waals surface area contributed by atoms with Crippen molar-refractivity contribution >= 4 is 17.3 Å². The molecule has 1 aromatic rings. The lowest BCUT2D eigenvalue weighted by molar-refractivity contribution is 0.100. The minimum atomic E-state index is -0.470. The van der Waals surface area contributed by atoms with Crippen LogP contribution in [0.25, 0.3) is 0 Å². The van der Waals surface area contributed by atoms with Crippen LogP contribution < -0.4 is 16.4 Å². The zero-order valence-electron chi connectivity index (χ0n) is 12.6. The smallest absolute Gasteiger partial charge is 0.250 e. The first kappa shape index (κ1) is 14.7. The lowest BCUT2D eigenvalue weighted by Crippen LogP contribution is -2.37. The summed E-state index contributed by atoms with van der Waals surface area (Å²) in [6.45, 7) is 4.66. The van der Waals surface area contributed by atoms with Gasteiger partial charge < -0.3 is 16.4 Å². The highest BCUT2D eigenvalue weighted by molar-refractivity contribution is 5.99. The zero-order chi connectivity index (χ0) is 14.9. The van der Waals surface area contributed by atoms with E-state index in [1.54, 1.807) is 12.1 Å². The van der Waals surface area contributed by atoms with Gasteiger partial charge in [-0.25, -0.2) is 0 Å². The fourth-order valence-electron chi connectivity index (χ4n) is 2.96. The molecular weight excluding hydrogens is 250 g/mol. The Kier molecular flexibility index (Phi) is 3.93. The van der Waals surface area contributed by atoms with Gasteiger partial charge in [0.15, 0.2) is 0 Å². The molecule has 110 valence electrons. The van der Waals surface area contributed by atoms with Crippen LogP contribution in [0, 0.1) is 5.41 Å². The van der Waals surface area contributed by atoms with Crippen LogP contribution in [0.1, 0.15) is 49.9 Å². The number of carbonyl (C=O) groups excluding carboxylic acids is 1. The average molecular weight is 275 g/mol. The third-order valence-corrected chi connectivity index (χ3v) is 4.57. The summed E-state index contributed by atoms with van der Waals surface area (Å²) in [5.41, 5.74) is 13.5. The Morgan fingerprint density at radius 3 is 2.45 bits per heavy atom. The fourth-order valence-corrected chi connectivity index (χ4v) is 2.96. The number of benzene rings is 1. The second-order valence-corrected chi connectivity index (χ2v) is 6.64. The van der Waals surface area contributed by atoms with Gasteiger partial charge in [0.25, 0.3) is 5.91 Å². The summed E-state index contributed by atoms with van der Waals surface area (Å²) in [6, 6.07) is 6.05. The number of anilines is 2. The Morgan fingerprint density at radius 2 is 1.90 bits per heavy atom. The number of nitrogen functional groups attached to an aromatic ring is 1. The second kappa shape index (κ2) is 5.35. The monoisotopic (exact) mass is 275 g/mol. The normalized spacial score (nSPS) is 18.8. The number of hydrogen-bond acceptors (Lipinski definition) is 3. The number of carbonyl (C=O) groups is 1. The Hall–Kier alpha value is -1.71. The van der Waals surface area contributed by atoms with E-state index in [2.05, 4.69) is 25.8 Å². The first-order valence-electron chi connectivity index (χ1n) is 7.22. The SMILES string of the molecule is CN(c1ccc(N)c(C(N)=O)c1)C1CCC(C)(C)CC1. The predicted octanol–water partition coefficient (Wildman–Crippen LogP) is 2.77. The molecule has 1 saturated carbocycles. The van der Waals surface area contributed by atoms with Gasteiger partial charge in [0.05, 0.1) is 5.56 Å². The summed E-state index contributed by atoms with van der Waals surface area (Å²) in [6.07, 6.45) is 4.83. The molecular formula is C16H25N3O. The van der Waals surface area contributed by atoms with Crippen LogP contribution in [-0.2, 0) is 0 Å². The van der Waals surface area contributed by atoms with Crippen LogP contribution in [0.5, 0.6) is 0 Å². The Labute approximate surface area is 121 Å². The number of primary amides is 1. The van der Waals surface area contributed by atoms with E-state index in [1.165, 1.54) is 25.7 Å². The first-order valence-corrected chi connectivity index (χ1v) is 7.22. The number of amides is 1. The van der Waals surface area contributed by atoms with Gasteiger partial charge in [-0.3, -0.25) is 4.79 Å². The molecule has 1 aliphatic carbocycles. The van der Waals surface area contributed by atoms with E-state index in [1.807, 2.05) is 6.07 Å². The van der Waals surface area contributed by atoms with Crippen LogP contribution in [0.2, 0.25) is 0 Å². The molecule has 1 fully saturated rings. The molecule has 4 nitrogen and oxygen atoms in total. The van der Waals surface area contributed by atoms with Gasteiger partial charge in [0, 0.05) is 24.5 Å². The van der Waals surface area contributed by atoms with E-state index in [-0.39, 0.29) is 0 Å². The summed E-state index contributed by atoms with van der Waals surface area (Å²) < 4.78 is 0. The van der Waals surface area contributed by atoms with E-state index in [0.717, 1.165) is 5.69 Å². The van der Waals surface area contributed by atoms with Gasteiger partial charge in [0.2, 0.25) is 0 Å². The van der Waals surface area contributed by atoms with Gasteiger partial charge >= 0.3 is 0 Å². The van der Waals surface area contributed by atoms with Crippen molar-refractivity contribution in [2.24, 2.45) is 11.1 Å².